The molecule has 0 aliphatic carbocycles. The Kier molecular flexibility index (Phi) is 5.98. The van der Waals surface area contributed by atoms with E-state index in [1.54, 1.807) is 73.8 Å². The van der Waals surface area contributed by atoms with E-state index in [1.807, 2.05) is 0 Å². The number of aromatic nitrogens is 1. The Morgan fingerprint density at radius 2 is 1.36 bits per heavy atom. The van der Waals surface area contributed by atoms with Gasteiger partial charge in [0.1, 0.15) is 17.4 Å². The van der Waals surface area contributed by atoms with Gasteiger partial charge in [-0.2, -0.15) is 0 Å². The van der Waals surface area contributed by atoms with Crippen molar-refractivity contribution in [1.29, 1.82) is 0 Å². The molecule has 142 valence electrons. The van der Waals surface area contributed by atoms with Crippen molar-refractivity contribution in [2.75, 3.05) is 17.7 Å². The molecule has 3 aromatic rings. The minimum Gasteiger partial charge on any atom is -0.497 e. The second-order valence-electron chi connectivity index (χ2n) is 5.90. The van der Waals surface area contributed by atoms with Crippen LogP contribution in [0.15, 0.2) is 66.7 Å². The molecule has 0 radical (unpaired) electrons. The molecule has 0 aliphatic heterocycles. The maximum Gasteiger partial charge on any atom is 0.256 e. The Bertz CT molecular complexity index is 893. The topological polar surface area (TPSA) is 101 Å². The first-order valence-electron chi connectivity index (χ1n) is 8.52. The van der Waals surface area contributed by atoms with Gasteiger partial charge >= 0.3 is 0 Å². The van der Waals surface area contributed by atoms with Crippen molar-refractivity contribution in [3.63, 3.8) is 0 Å². The highest BCUT2D eigenvalue weighted by atomic mass is 16.5. The van der Waals surface area contributed by atoms with E-state index in [-0.39, 0.29) is 18.4 Å². The fraction of sp³-hybridized carbons (Fsp3) is 0.0952. The van der Waals surface area contributed by atoms with Gasteiger partial charge in [0.2, 0.25) is 0 Å². The normalized spacial score (nSPS) is 10.2. The maximum absolute atomic E-state index is 12.3. The van der Waals surface area contributed by atoms with E-state index < -0.39 is 0 Å². The molecule has 2 amide bonds. The highest BCUT2D eigenvalue weighted by Gasteiger charge is 2.10. The zero-order valence-electron chi connectivity index (χ0n) is 15.2. The van der Waals surface area contributed by atoms with Gasteiger partial charge in [-0.05, 0) is 54.1 Å². The molecular formula is C21H19N3O4. The van der Waals surface area contributed by atoms with Gasteiger partial charge in [-0.1, -0.05) is 18.2 Å². The van der Waals surface area contributed by atoms with E-state index in [1.165, 1.54) is 0 Å². The van der Waals surface area contributed by atoms with Crippen LogP contribution in [0.25, 0.3) is 0 Å². The van der Waals surface area contributed by atoms with Crippen molar-refractivity contribution < 1.29 is 19.4 Å². The number of carbonyl (C=O) groups is 2. The molecule has 7 nitrogen and oxygen atoms in total. The summed E-state index contributed by atoms with van der Waals surface area (Å²) in [5.74, 6) is 0.623. The number of ether oxygens (including phenoxy) is 1. The summed E-state index contributed by atoms with van der Waals surface area (Å²) < 4.78 is 5.07. The Morgan fingerprint density at radius 1 is 0.857 bits per heavy atom. The molecule has 0 spiro atoms. The minimum atomic E-state index is -0.337. The monoisotopic (exact) mass is 377 g/mol. The number of amides is 2. The highest BCUT2D eigenvalue weighted by molar-refractivity contribution is 6.05. The number of aliphatic hydroxyl groups excluding tert-OH is 1. The van der Waals surface area contributed by atoms with Crippen molar-refractivity contribution in [2.24, 2.45) is 0 Å². The van der Waals surface area contributed by atoms with E-state index in [0.717, 1.165) is 5.56 Å². The lowest BCUT2D eigenvalue weighted by molar-refractivity contribution is 0.101. The first-order chi connectivity index (χ1) is 13.6. The number of nitrogens with zero attached hydrogens (tertiary/aromatic N) is 1. The smallest absolute Gasteiger partial charge is 0.256 e. The average Bonchev–Trinajstić information content (AvgIpc) is 2.74. The number of carbonyl (C=O) groups excluding carboxylic acids is 2. The third kappa shape index (κ3) is 4.72. The summed E-state index contributed by atoms with van der Waals surface area (Å²) in [5.41, 5.74) is 1.62. The summed E-state index contributed by atoms with van der Waals surface area (Å²) in [7, 11) is 1.56. The third-order valence-corrected chi connectivity index (χ3v) is 3.98. The average molecular weight is 377 g/mol. The zero-order valence-corrected chi connectivity index (χ0v) is 15.2. The van der Waals surface area contributed by atoms with Crippen LogP contribution >= 0.6 is 0 Å². The van der Waals surface area contributed by atoms with Crippen LogP contribution in [0.5, 0.6) is 5.75 Å². The first-order valence-corrected chi connectivity index (χ1v) is 8.52. The summed E-state index contributed by atoms with van der Waals surface area (Å²) in [6, 6.07) is 18.2. The zero-order chi connectivity index (χ0) is 19.9. The lowest BCUT2D eigenvalue weighted by Gasteiger charge is -2.09. The molecule has 0 bridgehead atoms. The summed E-state index contributed by atoms with van der Waals surface area (Å²) in [6.45, 7) is -0.0839. The van der Waals surface area contributed by atoms with Crippen LogP contribution in [0, 0.1) is 0 Å². The molecule has 0 atom stereocenters. The number of methoxy groups -OCH3 is 1. The number of rotatable bonds is 6. The molecule has 3 N–H and O–H groups in total. The molecule has 2 aromatic carbocycles. The van der Waals surface area contributed by atoms with Gasteiger partial charge in [-0.3, -0.25) is 9.59 Å². The predicted molar refractivity (Wildman–Crippen MR) is 106 cm³/mol. The van der Waals surface area contributed by atoms with E-state index in [0.29, 0.717) is 28.5 Å². The molecule has 0 aliphatic rings. The molecule has 1 aromatic heterocycles. The van der Waals surface area contributed by atoms with Crippen molar-refractivity contribution in [3.05, 3.63) is 83.4 Å². The second kappa shape index (κ2) is 8.79. The quantitative estimate of drug-likeness (QED) is 0.613. The van der Waals surface area contributed by atoms with Crippen molar-refractivity contribution >= 4 is 23.5 Å². The highest BCUT2D eigenvalue weighted by Crippen LogP contribution is 2.15. The second-order valence-corrected chi connectivity index (χ2v) is 5.90. The van der Waals surface area contributed by atoms with Crippen LogP contribution in [-0.4, -0.2) is 29.0 Å². The van der Waals surface area contributed by atoms with Gasteiger partial charge < -0.3 is 20.5 Å². The fourth-order valence-corrected chi connectivity index (χ4v) is 2.45. The number of benzene rings is 2. The van der Waals surface area contributed by atoms with E-state index in [9.17, 15) is 9.59 Å². The van der Waals surface area contributed by atoms with Crippen LogP contribution < -0.4 is 15.4 Å². The van der Waals surface area contributed by atoms with Crippen LogP contribution in [0.1, 0.15) is 26.3 Å². The molecule has 0 saturated carbocycles. The van der Waals surface area contributed by atoms with Crippen LogP contribution in [0.4, 0.5) is 11.6 Å². The van der Waals surface area contributed by atoms with E-state index in [2.05, 4.69) is 15.6 Å². The molecule has 28 heavy (non-hydrogen) atoms. The lowest BCUT2D eigenvalue weighted by atomic mass is 10.1. The number of anilines is 2. The van der Waals surface area contributed by atoms with Gasteiger partial charge in [0.25, 0.3) is 11.8 Å². The fourth-order valence-electron chi connectivity index (χ4n) is 2.45. The summed E-state index contributed by atoms with van der Waals surface area (Å²) in [5, 5.41) is 14.4. The largest absolute Gasteiger partial charge is 0.497 e. The SMILES string of the molecule is COc1ccc(C(=O)Nc2cccc(NC(=O)c3ccc(CO)cc3)n2)cc1. The van der Waals surface area contributed by atoms with Crippen molar-refractivity contribution in [2.45, 2.75) is 6.61 Å². The lowest BCUT2D eigenvalue weighted by Crippen LogP contribution is -2.15. The standard InChI is InChI=1S/C21H19N3O4/c1-28-17-11-9-16(10-12-17)21(27)24-19-4-2-3-18(22-19)23-20(26)15-7-5-14(13-25)6-8-15/h2-12,25H,13H2,1H3,(H2,22,23,24,26,27). The molecule has 0 unspecified atom stereocenters. The molecular weight excluding hydrogens is 358 g/mol. The first kappa shape index (κ1) is 19.1. The van der Waals surface area contributed by atoms with Gasteiger partial charge in [-0.15, -0.1) is 0 Å². The number of hydrogen-bond acceptors (Lipinski definition) is 5. The van der Waals surface area contributed by atoms with Gasteiger partial charge in [-0.25, -0.2) is 4.98 Å². The van der Waals surface area contributed by atoms with Crippen LogP contribution in [0.3, 0.4) is 0 Å². The Morgan fingerprint density at radius 3 is 1.82 bits per heavy atom. The Hall–Kier alpha value is -3.71. The van der Waals surface area contributed by atoms with Gasteiger partial charge in [0, 0.05) is 11.1 Å². The number of aliphatic hydroxyl groups is 1. The van der Waals surface area contributed by atoms with Crippen LogP contribution in [0.2, 0.25) is 0 Å². The molecule has 7 heteroatoms. The molecule has 1 heterocycles. The maximum atomic E-state index is 12.3. The molecule has 0 fully saturated rings. The van der Waals surface area contributed by atoms with Crippen LogP contribution in [-0.2, 0) is 6.61 Å². The number of nitrogens with one attached hydrogen (secondary N) is 2. The van der Waals surface area contributed by atoms with Gasteiger partial charge in [0.15, 0.2) is 0 Å². The summed E-state index contributed by atoms with van der Waals surface area (Å²) >= 11 is 0. The summed E-state index contributed by atoms with van der Waals surface area (Å²) in [4.78, 5) is 28.9. The number of hydrogen-bond donors (Lipinski definition) is 3. The van der Waals surface area contributed by atoms with E-state index >= 15 is 0 Å². The molecule has 0 saturated heterocycles. The van der Waals surface area contributed by atoms with Crippen molar-refractivity contribution in [3.8, 4) is 5.75 Å². The predicted octanol–water partition coefficient (Wildman–Crippen LogP) is 3.09. The number of pyridine rings is 1. The minimum absolute atomic E-state index is 0.0839. The van der Waals surface area contributed by atoms with Crippen molar-refractivity contribution in [1.82, 2.24) is 4.98 Å². The Labute approximate surface area is 162 Å². The summed E-state index contributed by atoms with van der Waals surface area (Å²) in [6.07, 6.45) is 0. The van der Waals surface area contributed by atoms with Gasteiger partial charge in [0.05, 0.1) is 13.7 Å². The molecule has 3 rings (SSSR count). The Balaban J connectivity index is 1.67. The van der Waals surface area contributed by atoms with E-state index in [4.69, 9.17) is 9.84 Å². The third-order valence-electron chi connectivity index (χ3n) is 3.98.